The zero-order chi connectivity index (χ0) is 13.0. The van der Waals surface area contributed by atoms with Gasteiger partial charge in [-0.25, -0.2) is 0 Å². The van der Waals surface area contributed by atoms with Gasteiger partial charge in [0.15, 0.2) is 18.1 Å². The predicted octanol–water partition coefficient (Wildman–Crippen LogP) is 2.32. The molecule has 1 N–H and O–H groups in total. The third kappa shape index (κ3) is 3.35. The lowest BCUT2D eigenvalue weighted by Crippen LogP contribution is -2.25. The molecule has 0 unspecified atom stereocenters. The van der Waals surface area contributed by atoms with E-state index in [-0.39, 0.29) is 34.1 Å². The number of carbonyl (C=O) groups is 2. The smallest absolute Gasteiger partial charge is 0.257 e. The van der Waals surface area contributed by atoms with Gasteiger partial charge >= 0.3 is 0 Å². The van der Waals surface area contributed by atoms with E-state index in [1.165, 1.54) is 26.1 Å². The van der Waals surface area contributed by atoms with E-state index in [4.69, 9.17) is 27.9 Å². The number of hydrogen-bond donors (Lipinski definition) is 1. The first-order valence-electron chi connectivity index (χ1n) is 4.79. The van der Waals surface area contributed by atoms with Gasteiger partial charge in [-0.15, -0.1) is 0 Å². The van der Waals surface area contributed by atoms with Crippen molar-refractivity contribution >= 4 is 34.9 Å². The number of ether oxygens (including phenoxy) is 1. The first kappa shape index (κ1) is 13.8. The third-order valence-electron chi connectivity index (χ3n) is 2.06. The summed E-state index contributed by atoms with van der Waals surface area (Å²) in [5.41, 5.74) is 0.295. The van der Waals surface area contributed by atoms with E-state index in [0.717, 1.165) is 0 Å². The minimum atomic E-state index is -0.324. The van der Waals surface area contributed by atoms with Gasteiger partial charge in [0.2, 0.25) is 0 Å². The number of nitrogens with one attached hydrogen (secondary N) is 1. The molecule has 0 aliphatic carbocycles. The molecule has 0 radical (unpaired) electrons. The number of Topliss-reactive ketones (excluding diaryl/α,β-unsaturated/α-hetero) is 1. The number of ketones is 1. The summed E-state index contributed by atoms with van der Waals surface area (Å²) in [7, 11) is 1.48. The Hall–Kier alpha value is -1.26. The molecule has 0 atom stereocenters. The van der Waals surface area contributed by atoms with Crippen molar-refractivity contribution in [3.05, 3.63) is 27.7 Å². The maximum absolute atomic E-state index is 11.4. The maximum Gasteiger partial charge on any atom is 0.257 e. The predicted molar refractivity (Wildman–Crippen MR) is 66.0 cm³/mol. The number of hydrogen-bond acceptors (Lipinski definition) is 3. The quantitative estimate of drug-likeness (QED) is 0.858. The summed E-state index contributed by atoms with van der Waals surface area (Å²) in [6.07, 6.45) is 0. The lowest BCUT2D eigenvalue weighted by molar-refractivity contribution is -0.122. The number of carbonyl (C=O) groups excluding carboxylic acids is 2. The van der Waals surface area contributed by atoms with Crippen LogP contribution in [0.15, 0.2) is 12.1 Å². The van der Waals surface area contributed by atoms with E-state index in [1.807, 2.05) is 0 Å². The van der Waals surface area contributed by atoms with Gasteiger partial charge in [-0.05, 0) is 19.1 Å². The second-order valence-corrected chi connectivity index (χ2v) is 4.04. The summed E-state index contributed by atoms with van der Waals surface area (Å²) in [5.74, 6) is -0.402. The van der Waals surface area contributed by atoms with Crippen LogP contribution in [0.3, 0.4) is 0 Å². The molecule has 0 saturated heterocycles. The summed E-state index contributed by atoms with van der Waals surface area (Å²) >= 11 is 11.7. The van der Waals surface area contributed by atoms with Crippen molar-refractivity contribution in [3.63, 3.8) is 0 Å². The lowest BCUT2D eigenvalue weighted by Gasteiger charge is -2.11. The van der Waals surface area contributed by atoms with Crippen LogP contribution < -0.4 is 10.1 Å². The van der Waals surface area contributed by atoms with Gasteiger partial charge in [-0.2, -0.15) is 0 Å². The number of benzene rings is 1. The van der Waals surface area contributed by atoms with Crippen LogP contribution in [-0.2, 0) is 4.79 Å². The Morgan fingerprint density at radius 3 is 2.53 bits per heavy atom. The summed E-state index contributed by atoms with van der Waals surface area (Å²) in [5, 5.41) is 2.79. The van der Waals surface area contributed by atoms with E-state index in [9.17, 15) is 9.59 Å². The first-order chi connectivity index (χ1) is 7.97. The SMILES string of the molecule is CNC(=O)COc1c(C(C)=O)ccc(Cl)c1Cl. The van der Waals surface area contributed by atoms with E-state index >= 15 is 0 Å². The minimum absolute atomic E-state index is 0.128. The summed E-state index contributed by atoms with van der Waals surface area (Å²) in [4.78, 5) is 22.4. The normalized spacial score (nSPS) is 9.88. The van der Waals surface area contributed by atoms with E-state index in [0.29, 0.717) is 5.56 Å². The topological polar surface area (TPSA) is 55.4 Å². The second kappa shape index (κ2) is 5.89. The van der Waals surface area contributed by atoms with Gasteiger partial charge in [0, 0.05) is 7.05 Å². The summed E-state index contributed by atoms with van der Waals surface area (Å²) < 4.78 is 5.21. The average Bonchev–Trinajstić information content (AvgIpc) is 2.30. The molecule has 0 heterocycles. The lowest BCUT2D eigenvalue weighted by atomic mass is 10.1. The van der Waals surface area contributed by atoms with Crippen LogP contribution in [0.2, 0.25) is 10.0 Å². The van der Waals surface area contributed by atoms with Crippen LogP contribution in [0.5, 0.6) is 5.75 Å². The van der Waals surface area contributed by atoms with Crippen LogP contribution in [0.25, 0.3) is 0 Å². The molecular weight excluding hydrogens is 265 g/mol. The molecule has 1 aromatic rings. The van der Waals surface area contributed by atoms with Crippen LogP contribution in [0.1, 0.15) is 17.3 Å². The minimum Gasteiger partial charge on any atom is -0.481 e. The zero-order valence-corrected chi connectivity index (χ0v) is 10.9. The molecular formula is C11H11Cl2NO3. The Bertz CT molecular complexity index is 460. The highest BCUT2D eigenvalue weighted by atomic mass is 35.5. The fraction of sp³-hybridized carbons (Fsp3) is 0.273. The van der Waals surface area contributed by atoms with Crippen LogP contribution >= 0.6 is 23.2 Å². The van der Waals surface area contributed by atoms with Gasteiger partial charge in [0.05, 0.1) is 10.6 Å². The van der Waals surface area contributed by atoms with Crippen molar-refractivity contribution in [2.24, 2.45) is 0 Å². The van der Waals surface area contributed by atoms with Crippen molar-refractivity contribution in [3.8, 4) is 5.75 Å². The molecule has 17 heavy (non-hydrogen) atoms. The molecule has 0 aliphatic heterocycles. The Labute approximate surface area is 109 Å². The van der Waals surface area contributed by atoms with E-state index in [1.54, 1.807) is 0 Å². The zero-order valence-electron chi connectivity index (χ0n) is 9.34. The standard InChI is InChI=1S/C11H11Cl2NO3/c1-6(15)7-3-4-8(12)10(13)11(7)17-5-9(16)14-2/h3-4H,5H2,1-2H3,(H,14,16). The molecule has 0 saturated carbocycles. The molecule has 4 nitrogen and oxygen atoms in total. The Kier molecular flexibility index (Phi) is 4.78. The first-order valence-corrected chi connectivity index (χ1v) is 5.55. The molecule has 0 spiro atoms. The second-order valence-electron chi connectivity index (χ2n) is 3.26. The number of rotatable bonds is 4. The molecule has 0 fully saturated rings. The highest BCUT2D eigenvalue weighted by Gasteiger charge is 2.16. The van der Waals surface area contributed by atoms with Crippen LogP contribution in [0.4, 0.5) is 0 Å². The third-order valence-corrected chi connectivity index (χ3v) is 2.84. The Morgan fingerprint density at radius 1 is 1.35 bits per heavy atom. The highest BCUT2D eigenvalue weighted by Crippen LogP contribution is 2.35. The van der Waals surface area contributed by atoms with Crippen molar-refractivity contribution in [1.29, 1.82) is 0 Å². The molecule has 0 bridgehead atoms. The molecule has 1 aromatic carbocycles. The van der Waals surface area contributed by atoms with Gasteiger partial charge in [-0.3, -0.25) is 9.59 Å². The number of halogens is 2. The fourth-order valence-corrected chi connectivity index (χ4v) is 1.53. The van der Waals surface area contributed by atoms with Gasteiger partial charge < -0.3 is 10.1 Å². The van der Waals surface area contributed by atoms with E-state index in [2.05, 4.69) is 5.32 Å². The fourth-order valence-electron chi connectivity index (χ4n) is 1.16. The van der Waals surface area contributed by atoms with Crippen molar-refractivity contribution in [2.45, 2.75) is 6.92 Å². The van der Waals surface area contributed by atoms with Gasteiger partial charge in [0.1, 0.15) is 5.02 Å². The molecule has 6 heteroatoms. The Morgan fingerprint density at radius 2 is 2.00 bits per heavy atom. The summed E-state index contributed by atoms with van der Waals surface area (Å²) in [6.45, 7) is 1.16. The van der Waals surface area contributed by atoms with Crippen molar-refractivity contribution in [2.75, 3.05) is 13.7 Å². The monoisotopic (exact) mass is 275 g/mol. The van der Waals surface area contributed by atoms with Crippen molar-refractivity contribution < 1.29 is 14.3 Å². The molecule has 1 rings (SSSR count). The number of likely N-dealkylation sites (N-methyl/N-ethyl adjacent to an activating group) is 1. The summed E-state index contributed by atoms with van der Waals surface area (Å²) in [6, 6.07) is 3.02. The van der Waals surface area contributed by atoms with E-state index < -0.39 is 0 Å². The van der Waals surface area contributed by atoms with Gasteiger partial charge in [-0.1, -0.05) is 23.2 Å². The van der Waals surface area contributed by atoms with Crippen LogP contribution in [0, 0.1) is 0 Å². The molecule has 92 valence electrons. The largest absolute Gasteiger partial charge is 0.481 e. The van der Waals surface area contributed by atoms with Crippen LogP contribution in [-0.4, -0.2) is 25.3 Å². The van der Waals surface area contributed by atoms with Gasteiger partial charge in [0.25, 0.3) is 5.91 Å². The average molecular weight is 276 g/mol. The number of amides is 1. The molecule has 1 amide bonds. The highest BCUT2D eigenvalue weighted by molar-refractivity contribution is 6.43. The maximum atomic E-state index is 11.4. The van der Waals surface area contributed by atoms with Crippen molar-refractivity contribution in [1.82, 2.24) is 5.32 Å². The molecule has 0 aliphatic rings. The molecule has 0 aromatic heterocycles. The Balaban J connectivity index is 3.06.